The third-order valence-electron chi connectivity index (χ3n) is 2.83. The van der Waals surface area contributed by atoms with E-state index in [4.69, 9.17) is 5.84 Å². The van der Waals surface area contributed by atoms with Crippen molar-refractivity contribution in [2.45, 2.75) is 6.92 Å². The Morgan fingerprint density at radius 3 is 2.72 bits per heavy atom. The van der Waals surface area contributed by atoms with Gasteiger partial charge in [-0.1, -0.05) is 30.3 Å². The van der Waals surface area contributed by atoms with Crippen LogP contribution in [0.1, 0.15) is 5.69 Å². The molecule has 0 fully saturated rings. The van der Waals surface area contributed by atoms with Gasteiger partial charge in [0.1, 0.15) is 5.82 Å². The molecule has 18 heavy (non-hydrogen) atoms. The molecule has 0 aliphatic heterocycles. The number of hydrogen-bond donors (Lipinski definition) is 2. The van der Waals surface area contributed by atoms with E-state index >= 15 is 0 Å². The van der Waals surface area contributed by atoms with Gasteiger partial charge in [0.15, 0.2) is 5.65 Å². The molecule has 0 unspecified atom stereocenters. The summed E-state index contributed by atoms with van der Waals surface area (Å²) in [5.74, 6) is 6.22. The van der Waals surface area contributed by atoms with Crippen molar-refractivity contribution in [2.24, 2.45) is 5.84 Å². The largest absolute Gasteiger partial charge is 0.308 e. The van der Waals surface area contributed by atoms with E-state index in [9.17, 15) is 0 Å². The highest BCUT2D eigenvalue weighted by molar-refractivity contribution is 5.78. The predicted molar refractivity (Wildman–Crippen MR) is 71.0 cm³/mol. The van der Waals surface area contributed by atoms with Crippen molar-refractivity contribution in [3.63, 3.8) is 0 Å². The van der Waals surface area contributed by atoms with Crippen LogP contribution in [0, 0.1) is 6.92 Å². The van der Waals surface area contributed by atoms with Crippen LogP contribution < -0.4 is 11.3 Å². The fourth-order valence-corrected chi connectivity index (χ4v) is 2.01. The van der Waals surface area contributed by atoms with Gasteiger partial charge >= 0.3 is 0 Å². The highest BCUT2D eigenvalue weighted by atomic mass is 15.4. The highest BCUT2D eigenvalue weighted by Gasteiger charge is 2.10. The monoisotopic (exact) mass is 239 g/mol. The maximum Gasteiger partial charge on any atom is 0.165 e. The molecule has 2 aromatic heterocycles. The Labute approximate surface area is 104 Å². The molecule has 0 saturated heterocycles. The first kappa shape index (κ1) is 10.7. The highest BCUT2D eigenvalue weighted by Crippen LogP contribution is 2.24. The second-order valence-corrected chi connectivity index (χ2v) is 4.09. The Balaban J connectivity index is 2.30. The van der Waals surface area contributed by atoms with Crippen LogP contribution in [0.25, 0.3) is 16.8 Å². The van der Waals surface area contributed by atoms with E-state index in [1.165, 1.54) is 0 Å². The molecule has 0 aliphatic rings. The molecule has 0 spiro atoms. The molecule has 90 valence electrons. The number of nitrogens with one attached hydrogen (secondary N) is 1. The lowest BCUT2D eigenvalue weighted by Crippen LogP contribution is -2.12. The second kappa shape index (κ2) is 4.12. The van der Waals surface area contributed by atoms with Gasteiger partial charge < -0.3 is 5.43 Å². The lowest BCUT2D eigenvalue weighted by Gasteiger charge is -2.05. The number of hydrazine groups is 1. The van der Waals surface area contributed by atoms with E-state index in [-0.39, 0.29) is 0 Å². The molecule has 5 nitrogen and oxygen atoms in total. The van der Waals surface area contributed by atoms with Crippen molar-refractivity contribution in [1.29, 1.82) is 0 Å². The molecule has 3 rings (SSSR count). The number of hydrogen-bond acceptors (Lipinski definition) is 4. The first-order valence-corrected chi connectivity index (χ1v) is 5.67. The van der Waals surface area contributed by atoms with Crippen molar-refractivity contribution in [3.05, 3.63) is 48.3 Å². The average Bonchev–Trinajstić information content (AvgIpc) is 2.82. The number of rotatable bonds is 2. The number of nitrogen functional groups attached to an aromatic ring is 1. The van der Waals surface area contributed by atoms with Crippen LogP contribution in [-0.4, -0.2) is 14.6 Å². The number of aromatic nitrogens is 3. The molecule has 0 saturated carbocycles. The van der Waals surface area contributed by atoms with Crippen LogP contribution in [-0.2, 0) is 0 Å². The number of nitrogens with two attached hydrogens (primary N) is 1. The van der Waals surface area contributed by atoms with Gasteiger partial charge in [-0.25, -0.2) is 10.8 Å². The number of fused-ring (bicyclic) bond motifs is 1. The maximum atomic E-state index is 5.49. The molecule has 0 atom stereocenters. The van der Waals surface area contributed by atoms with Crippen molar-refractivity contribution in [1.82, 2.24) is 14.6 Å². The van der Waals surface area contributed by atoms with Gasteiger partial charge in [-0.2, -0.15) is 9.61 Å². The summed E-state index contributed by atoms with van der Waals surface area (Å²) >= 11 is 0. The quantitative estimate of drug-likeness (QED) is 0.530. The smallest absolute Gasteiger partial charge is 0.165 e. The summed E-state index contributed by atoms with van der Waals surface area (Å²) in [5.41, 5.74) is 6.42. The molecule has 3 aromatic rings. The molecule has 1 aromatic carbocycles. The van der Waals surface area contributed by atoms with E-state index < -0.39 is 0 Å². The fraction of sp³-hybridized carbons (Fsp3) is 0.0769. The Bertz CT molecular complexity index is 687. The van der Waals surface area contributed by atoms with Crippen LogP contribution in [0.3, 0.4) is 0 Å². The zero-order valence-electron chi connectivity index (χ0n) is 9.96. The Kier molecular flexibility index (Phi) is 2.46. The molecule has 5 heteroatoms. The van der Waals surface area contributed by atoms with Gasteiger partial charge in [0.2, 0.25) is 0 Å². The molecule has 0 aliphatic carbocycles. The minimum absolute atomic E-state index is 0.722. The van der Waals surface area contributed by atoms with E-state index in [1.54, 1.807) is 10.7 Å². The van der Waals surface area contributed by atoms with Crippen LogP contribution in [0.4, 0.5) is 5.82 Å². The summed E-state index contributed by atoms with van der Waals surface area (Å²) in [5, 5.41) is 4.32. The lowest BCUT2D eigenvalue weighted by atomic mass is 10.1. The molecule has 2 heterocycles. The zero-order valence-corrected chi connectivity index (χ0v) is 9.96. The minimum atomic E-state index is 0.722. The van der Waals surface area contributed by atoms with E-state index in [0.29, 0.717) is 0 Å². The Morgan fingerprint density at radius 1 is 1.22 bits per heavy atom. The third-order valence-corrected chi connectivity index (χ3v) is 2.83. The second-order valence-electron chi connectivity index (χ2n) is 4.09. The van der Waals surface area contributed by atoms with Gasteiger partial charge in [-0.05, 0) is 12.5 Å². The first-order valence-electron chi connectivity index (χ1n) is 5.67. The molecular weight excluding hydrogens is 226 g/mol. The van der Waals surface area contributed by atoms with Gasteiger partial charge in [0.25, 0.3) is 0 Å². The van der Waals surface area contributed by atoms with Gasteiger partial charge in [-0.15, -0.1) is 0 Å². The average molecular weight is 239 g/mol. The first-order chi connectivity index (χ1) is 8.79. The van der Waals surface area contributed by atoms with E-state index in [0.717, 1.165) is 28.3 Å². The SMILES string of the molecule is Cc1cc(NN)n2ncc(-c3ccccc3)c2n1. The summed E-state index contributed by atoms with van der Waals surface area (Å²) in [6.07, 6.45) is 1.80. The van der Waals surface area contributed by atoms with E-state index in [2.05, 4.69) is 15.5 Å². The summed E-state index contributed by atoms with van der Waals surface area (Å²) in [7, 11) is 0. The van der Waals surface area contributed by atoms with Crippen molar-refractivity contribution in [2.75, 3.05) is 5.43 Å². The van der Waals surface area contributed by atoms with Gasteiger partial charge in [0, 0.05) is 17.3 Å². The van der Waals surface area contributed by atoms with Crippen molar-refractivity contribution in [3.8, 4) is 11.1 Å². The Hall–Kier alpha value is -2.40. The molecule has 0 bridgehead atoms. The van der Waals surface area contributed by atoms with Gasteiger partial charge in [-0.3, -0.25) is 0 Å². The Morgan fingerprint density at radius 2 is 2.00 bits per heavy atom. The fourth-order valence-electron chi connectivity index (χ4n) is 2.01. The maximum absolute atomic E-state index is 5.49. The lowest BCUT2D eigenvalue weighted by molar-refractivity contribution is 0.927. The molecule has 0 radical (unpaired) electrons. The number of nitrogens with zero attached hydrogens (tertiary/aromatic N) is 3. The topological polar surface area (TPSA) is 68.2 Å². The number of aryl methyl sites for hydroxylation is 1. The standard InChI is InChI=1S/C13H13N5/c1-9-7-12(17-14)18-13(16-9)11(8-15-18)10-5-3-2-4-6-10/h2-8,17H,14H2,1H3. The normalized spacial score (nSPS) is 10.8. The summed E-state index contributed by atoms with van der Waals surface area (Å²) < 4.78 is 1.70. The van der Waals surface area contributed by atoms with Crippen molar-refractivity contribution >= 4 is 11.5 Å². The minimum Gasteiger partial charge on any atom is -0.308 e. The number of anilines is 1. The molecular formula is C13H13N5. The zero-order chi connectivity index (χ0) is 12.5. The number of benzene rings is 1. The molecule has 0 amide bonds. The summed E-state index contributed by atoms with van der Waals surface area (Å²) in [6.45, 7) is 1.93. The van der Waals surface area contributed by atoms with E-state index in [1.807, 2.05) is 43.3 Å². The summed E-state index contributed by atoms with van der Waals surface area (Å²) in [6, 6.07) is 11.9. The van der Waals surface area contributed by atoms with Gasteiger partial charge in [0.05, 0.1) is 6.20 Å². The molecule has 3 N–H and O–H groups in total. The third kappa shape index (κ3) is 1.61. The summed E-state index contributed by atoms with van der Waals surface area (Å²) in [4.78, 5) is 4.53. The van der Waals surface area contributed by atoms with Crippen LogP contribution in [0.15, 0.2) is 42.6 Å². The van der Waals surface area contributed by atoms with Crippen LogP contribution in [0.5, 0.6) is 0 Å². The van der Waals surface area contributed by atoms with Crippen LogP contribution >= 0.6 is 0 Å². The van der Waals surface area contributed by atoms with Crippen LogP contribution in [0.2, 0.25) is 0 Å². The predicted octanol–water partition coefficient (Wildman–Crippen LogP) is 1.99. The van der Waals surface area contributed by atoms with Crippen molar-refractivity contribution < 1.29 is 0 Å².